The number of nitrogens with one attached hydrogen (secondary N) is 1. The molecule has 0 aliphatic carbocycles. The van der Waals surface area contributed by atoms with Gasteiger partial charge < -0.3 is 10.4 Å². The molecule has 0 aliphatic rings. The van der Waals surface area contributed by atoms with Crippen LogP contribution in [-0.2, 0) is 11.2 Å². The number of hydrogen-bond acceptors (Lipinski definition) is 2. The van der Waals surface area contributed by atoms with E-state index in [4.69, 9.17) is 5.11 Å². The zero-order valence-corrected chi connectivity index (χ0v) is 8.94. The summed E-state index contributed by atoms with van der Waals surface area (Å²) in [6.45, 7) is 2.23. The largest absolute Gasteiger partial charge is 0.393 e. The maximum Gasteiger partial charge on any atom is 0.222 e. The molecule has 15 heavy (non-hydrogen) atoms. The first-order valence-electron chi connectivity index (χ1n) is 5.17. The Labute approximate surface area is 90.1 Å². The van der Waals surface area contributed by atoms with Crippen molar-refractivity contribution in [2.24, 2.45) is 0 Å². The molecule has 0 fully saturated rings. The Balaban J connectivity index is 2.19. The van der Waals surface area contributed by atoms with E-state index >= 15 is 0 Å². The maximum absolute atomic E-state index is 11.2. The lowest BCUT2D eigenvalue weighted by molar-refractivity contribution is -0.122. The lowest BCUT2D eigenvalue weighted by atomic mass is 10.1. The van der Waals surface area contributed by atoms with Crippen molar-refractivity contribution >= 4 is 5.91 Å². The third-order valence-corrected chi connectivity index (χ3v) is 2.06. The number of carbonyl (C=O) groups excluding carboxylic acids is 1. The molecule has 0 bridgehead atoms. The van der Waals surface area contributed by atoms with E-state index in [2.05, 4.69) is 5.32 Å². The minimum Gasteiger partial charge on any atom is -0.393 e. The Morgan fingerprint density at radius 3 is 2.67 bits per heavy atom. The van der Waals surface area contributed by atoms with E-state index in [0.717, 1.165) is 6.42 Å². The highest BCUT2D eigenvalue weighted by molar-refractivity contribution is 5.76. The Morgan fingerprint density at radius 1 is 1.40 bits per heavy atom. The number of carbonyl (C=O) groups is 1. The van der Waals surface area contributed by atoms with Crippen LogP contribution < -0.4 is 5.32 Å². The second kappa shape index (κ2) is 6.19. The van der Waals surface area contributed by atoms with Crippen molar-refractivity contribution in [3.63, 3.8) is 0 Å². The maximum atomic E-state index is 11.2. The van der Waals surface area contributed by atoms with Crippen molar-refractivity contribution < 1.29 is 9.90 Å². The van der Waals surface area contributed by atoms with Gasteiger partial charge in [0.2, 0.25) is 5.91 Å². The summed E-state index contributed by atoms with van der Waals surface area (Å²) in [5.74, 6) is -0.0964. The van der Waals surface area contributed by atoms with Crippen LogP contribution in [0.5, 0.6) is 0 Å². The van der Waals surface area contributed by atoms with Crippen LogP contribution >= 0.6 is 0 Å². The van der Waals surface area contributed by atoms with E-state index in [9.17, 15) is 4.79 Å². The fourth-order valence-corrected chi connectivity index (χ4v) is 1.33. The van der Waals surface area contributed by atoms with Gasteiger partial charge >= 0.3 is 0 Å². The molecule has 1 aromatic carbocycles. The minimum absolute atomic E-state index is 0.0964. The summed E-state index contributed by atoms with van der Waals surface area (Å²) in [6, 6.07) is 9.98. The quantitative estimate of drug-likeness (QED) is 0.760. The third-order valence-electron chi connectivity index (χ3n) is 2.06. The summed E-state index contributed by atoms with van der Waals surface area (Å²) in [4.78, 5) is 11.2. The highest BCUT2D eigenvalue weighted by atomic mass is 16.3. The predicted molar refractivity (Wildman–Crippen MR) is 59.5 cm³/mol. The lowest BCUT2D eigenvalue weighted by Crippen LogP contribution is -2.28. The Hall–Kier alpha value is -1.35. The zero-order valence-electron chi connectivity index (χ0n) is 8.94. The van der Waals surface area contributed by atoms with Crippen molar-refractivity contribution in [3.05, 3.63) is 35.9 Å². The summed E-state index contributed by atoms with van der Waals surface area (Å²) in [5.41, 5.74) is 1.20. The summed E-state index contributed by atoms with van der Waals surface area (Å²) in [7, 11) is 0. The van der Waals surface area contributed by atoms with Gasteiger partial charge in [0, 0.05) is 6.54 Å². The molecule has 3 nitrogen and oxygen atoms in total. The first-order chi connectivity index (χ1) is 7.18. The molecule has 0 saturated heterocycles. The number of hydrogen-bond donors (Lipinski definition) is 2. The summed E-state index contributed by atoms with van der Waals surface area (Å²) in [5, 5.41) is 11.7. The van der Waals surface area contributed by atoms with Crippen molar-refractivity contribution in [3.8, 4) is 0 Å². The molecule has 1 amide bonds. The zero-order chi connectivity index (χ0) is 11.1. The number of rotatable bonds is 5. The van der Waals surface area contributed by atoms with E-state index in [0.29, 0.717) is 6.54 Å². The van der Waals surface area contributed by atoms with Gasteiger partial charge in [-0.15, -0.1) is 0 Å². The van der Waals surface area contributed by atoms with Gasteiger partial charge in [0.1, 0.15) is 0 Å². The first kappa shape index (κ1) is 11.7. The number of benzene rings is 1. The first-order valence-corrected chi connectivity index (χ1v) is 5.17. The van der Waals surface area contributed by atoms with Crippen LogP contribution in [-0.4, -0.2) is 23.7 Å². The van der Waals surface area contributed by atoms with Crippen molar-refractivity contribution in [2.45, 2.75) is 25.9 Å². The Bertz CT molecular complexity index is 296. The number of aliphatic hydroxyl groups is 1. The van der Waals surface area contributed by atoms with Crippen LogP contribution in [0.1, 0.15) is 18.9 Å². The predicted octanol–water partition coefficient (Wildman–Crippen LogP) is 1.12. The molecule has 0 heterocycles. The van der Waals surface area contributed by atoms with Gasteiger partial charge in [0.05, 0.1) is 12.5 Å². The van der Waals surface area contributed by atoms with Gasteiger partial charge in [0.15, 0.2) is 0 Å². The van der Waals surface area contributed by atoms with Crippen LogP contribution in [0.2, 0.25) is 0 Å². The second-order valence-electron chi connectivity index (χ2n) is 3.64. The van der Waals surface area contributed by atoms with Crippen molar-refractivity contribution in [1.82, 2.24) is 5.32 Å². The SMILES string of the molecule is C[C@H](O)CC(=O)NCCc1ccccc1. The number of aliphatic hydroxyl groups excluding tert-OH is 1. The van der Waals surface area contributed by atoms with E-state index in [-0.39, 0.29) is 12.3 Å². The molecule has 1 rings (SSSR count). The average Bonchev–Trinajstić information content (AvgIpc) is 2.18. The average molecular weight is 207 g/mol. The smallest absolute Gasteiger partial charge is 0.222 e. The molecule has 82 valence electrons. The lowest BCUT2D eigenvalue weighted by Gasteiger charge is -2.06. The normalized spacial score (nSPS) is 12.1. The van der Waals surface area contributed by atoms with Gasteiger partial charge in [-0.05, 0) is 18.9 Å². The molecular weight excluding hydrogens is 190 g/mol. The standard InChI is InChI=1S/C12H17NO2/c1-10(14)9-12(15)13-8-7-11-5-3-2-4-6-11/h2-6,10,14H,7-9H2,1H3,(H,13,15)/t10-/m0/s1. The fraction of sp³-hybridized carbons (Fsp3) is 0.417. The Kier molecular flexibility index (Phi) is 4.84. The topological polar surface area (TPSA) is 49.3 Å². The van der Waals surface area contributed by atoms with Crippen LogP contribution in [0.25, 0.3) is 0 Å². The fourth-order valence-electron chi connectivity index (χ4n) is 1.33. The highest BCUT2D eigenvalue weighted by Gasteiger charge is 2.04. The molecule has 0 saturated carbocycles. The molecule has 0 spiro atoms. The van der Waals surface area contributed by atoms with Gasteiger partial charge in [-0.1, -0.05) is 30.3 Å². The van der Waals surface area contributed by atoms with Crippen molar-refractivity contribution in [1.29, 1.82) is 0 Å². The minimum atomic E-state index is -0.568. The molecule has 2 N–H and O–H groups in total. The van der Waals surface area contributed by atoms with E-state index in [1.165, 1.54) is 5.56 Å². The van der Waals surface area contributed by atoms with Crippen LogP contribution in [0, 0.1) is 0 Å². The summed E-state index contributed by atoms with van der Waals surface area (Å²) >= 11 is 0. The van der Waals surface area contributed by atoms with Gasteiger partial charge in [-0.2, -0.15) is 0 Å². The van der Waals surface area contributed by atoms with Gasteiger partial charge in [-0.25, -0.2) is 0 Å². The molecule has 1 atom stereocenters. The van der Waals surface area contributed by atoms with Gasteiger partial charge in [0.25, 0.3) is 0 Å². The summed E-state index contributed by atoms with van der Waals surface area (Å²) < 4.78 is 0. The number of amides is 1. The van der Waals surface area contributed by atoms with E-state index < -0.39 is 6.10 Å². The molecule has 0 unspecified atom stereocenters. The molecule has 0 radical (unpaired) electrons. The van der Waals surface area contributed by atoms with Crippen LogP contribution in [0.4, 0.5) is 0 Å². The monoisotopic (exact) mass is 207 g/mol. The molecule has 0 aliphatic heterocycles. The third kappa shape index (κ3) is 5.18. The second-order valence-corrected chi connectivity index (χ2v) is 3.64. The van der Waals surface area contributed by atoms with Crippen LogP contribution in [0.15, 0.2) is 30.3 Å². The van der Waals surface area contributed by atoms with Gasteiger partial charge in [-0.3, -0.25) is 4.79 Å². The van der Waals surface area contributed by atoms with E-state index in [1.807, 2.05) is 30.3 Å². The Morgan fingerprint density at radius 2 is 2.07 bits per heavy atom. The summed E-state index contributed by atoms with van der Waals surface area (Å²) in [6.07, 6.45) is 0.433. The van der Waals surface area contributed by atoms with E-state index in [1.54, 1.807) is 6.92 Å². The molecule has 3 heteroatoms. The van der Waals surface area contributed by atoms with Crippen molar-refractivity contribution in [2.75, 3.05) is 6.54 Å². The van der Waals surface area contributed by atoms with Crippen LogP contribution in [0.3, 0.4) is 0 Å². The highest BCUT2D eigenvalue weighted by Crippen LogP contribution is 1.98. The molecule has 0 aromatic heterocycles. The molecular formula is C12H17NO2. The molecule has 1 aromatic rings.